The first-order valence-electron chi connectivity index (χ1n) is 7.55. The molecule has 9 nitrogen and oxygen atoms in total. The van der Waals surface area contributed by atoms with Gasteiger partial charge in [-0.1, -0.05) is 0 Å². The van der Waals surface area contributed by atoms with Crippen molar-refractivity contribution in [3.05, 3.63) is 11.1 Å². The van der Waals surface area contributed by atoms with Gasteiger partial charge in [0.05, 0.1) is 6.61 Å². The minimum atomic E-state index is -0.694. The third-order valence-electron chi connectivity index (χ3n) is 4.17. The van der Waals surface area contributed by atoms with Gasteiger partial charge in [-0.05, 0) is 29.8 Å². The number of imidazole rings is 1. The van der Waals surface area contributed by atoms with E-state index in [4.69, 9.17) is 24.7 Å². The second-order valence-electron chi connectivity index (χ2n) is 6.27. The van der Waals surface area contributed by atoms with Gasteiger partial charge in [0, 0.05) is 7.11 Å². The highest BCUT2D eigenvalue weighted by molar-refractivity contribution is 9.10. The number of ether oxygens (including phenoxy) is 4. The van der Waals surface area contributed by atoms with Crippen LogP contribution in [0.2, 0.25) is 0 Å². The second kappa shape index (κ2) is 5.60. The van der Waals surface area contributed by atoms with Gasteiger partial charge in [-0.25, -0.2) is 15.0 Å². The average molecular weight is 400 g/mol. The number of anilines is 1. The van der Waals surface area contributed by atoms with Crippen LogP contribution in [0, 0.1) is 0 Å². The number of halogens is 1. The Kier molecular flexibility index (Phi) is 3.77. The monoisotopic (exact) mass is 399 g/mol. The van der Waals surface area contributed by atoms with Gasteiger partial charge in [-0.15, -0.1) is 0 Å². The molecule has 0 radical (unpaired) electrons. The first-order valence-corrected chi connectivity index (χ1v) is 8.34. The van der Waals surface area contributed by atoms with E-state index in [2.05, 4.69) is 30.9 Å². The van der Waals surface area contributed by atoms with Crippen LogP contribution < -0.4 is 5.73 Å². The maximum Gasteiger partial charge on any atom is 0.181 e. The molecule has 0 aliphatic carbocycles. The zero-order chi connectivity index (χ0) is 17.1. The van der Waals surface area contributed by atoms with E-state index in [9.17, 15) is 0 Å². The Labute approximate surface area is 146 Å². The highest BCUT2D eigenvalue weighted by atomic mass is 79.9. The fourth-order valence-corrected chi connectivity index (χ4v) is 3.84. The number of hydrogen-bond donors (Lipinski definition) is 1. The van der Waals surface area contributed by atoms with Crippen LogP contribution in [0.5, 0.6) is 0 Å². The summed E-state index contributed by atoms with van der Waals surface area (Å²) in [6.07, 6.45) is 0.122. The third-order valence-corrected chi connectivity index (χ3v) is 4.73. The summed E-state index contributed by atoms with van der Waals surface area (Å²) in [7, 11) is 1.63. The van der Waals surface area contributed by atoms with Crippen molar-refractivity contribution in [3.8, 4) is 0 Å². The summed E-state index contributed by atoms with van der Waals surface area (Å²) in [6, 6.07) is 0. The maximum atomic E-state index is 6.15. The molecule has 2 aromatic heterocycles. The minimum absolute atomic E-state index is 0.242. The van der Waals surface area contributed by atoms with Gasteiger partial charge >= 0.3 is 0 Å². The molecule has 4 heterocycles. The number of nitrogen functional groups attached to an aromatic ring is 1. The van der Waals surface area contributed by atoms with Crippen molar-refractivity contribution in [2.75, 3.05) is 19.5 Å². The van der Waals surface area contributed by atoms with Gasteiger partial charge in [0.15, 0.2) is 33.7 Å². The molecule has 0 saturated carbocycles. The van der Waals surface area contributed by atoms with Crippen molar-refractivity contribution in [3.63, 3.8) is 0 Å². The number of fused-ring (bicyclic) bond motifs is 2. The van der Waals surface area contributed by atoms with E-state index in [1.807, 2.05) is 18.4 Å². The highest BCUT2D eigenvalue weighted by Gasteiger charge is 2.56. The van der Waals surface area contributed by atoms with Crippen molar-refractivity contribution >= 4 is 32.9 Å². The van der Waals surface area contributed by atoms with Crippen LogP contribution in [-0.2, 0) is 18.9 Å². The molecule has 4 rings (SSSR count). The van der Waals surface area contributed by atoms with Crippen LogP contribution >= 0.6 is 15.9 Å². The topological polar surface area (TPSA) is 107 Å². The van der Waals surface area contributed by atoms with E-state index in [0.717, 1.165) is 0 Å². The van der Waals surface area contributed by atoms with Crippen LogP contribution in [0.1, 0.15) is 20.1 Å². The van der Waals surface area contributed by atoms with E-state index in [1.165, 1.54) is 6.33 Å². The number of aromatic nitrogens is 4. The van der Waals surface area contributed by atoms with Crippen LogP contribution in [0.4, 0.5) is 5.82 Å². The third kappa shape index (κ3) is 2.40. The predicted molar refractivity (Wildman–Crippen MR) is 87.0 cm³/mol. The lowest BCUT2D eigenvalue weighted by Crippen LogP contribution is -2.32. The first-order chi connectivity index (χ1) is 11.4. The van der Waals surface area contributed by atoms with Gasteiger partial charge in [0.1, 0.15) is 24.6 Å². The number of rotatable bonds is 3. The average Bonchev–Trinajstić information content (AvgIpc) is 3.10. The van der Waals surface area contributed by atoms with Crippen molar-refractivity contribution in [2.24, 2.45) is 0 Å². The summed E-state index contributed by atoms with van der Waals surface area (Å²) >= 11 is 3.46. The smallest absolute Gasteiger partial charge is 0.181 e. The molecule has 10 heteroatoms. The molecule has 2 aliphatic heterocycles. The largest absolute Gasteiger partial charge is 0.382 e. The molecule has 0 bridgehead atoms. The summed E-state index contributed by atoms with van der Waals surface area (Å²) in [5, 5.41) is 0. The van der Waals surface area contributed by atoms with E-state index in [-0.39, 0.29) is 18.3 Å². The molecule has 130 valence electrons. The lowest BCUT2D eigenvalue weighted by molar-refractivity contribution is -0.200. The summed E-state index contributed by atoms with van der Waals surface area (Å²) in [5.41, 5.74) is 6.98. The van der Waals surface area contributed by atoms with Gasteiger partial charge in [0.2, 0.25) is 0 Å². The zero-order valence-corrected chi connectivity index (χ0v) is 15.1. The van der Waals surface area contributed by atoms with E-state index in [1.54, 1.807) is 7.11 Å². The summed E-state index contributed by atoms with van der Waals surface area (Å²) in [6.45, 7) is 4.17. The zero-order valence-electron chi connectivity index (χ0n) is 13.5. The van der Waals surface area contributed by atoms with Crippen LogP contribution in [0.3, 0.4) is 0 Å². The Morgan fingerprint density at radius 3 is 2.83 bits per heavy atom. The van der Waals surface area contributed by atoms with E-state index < -0.39 is 12.0 Å². The minimum Gasteiger partial charge on any atom is -0.382 e. The Hall–Kier alpha value is -1.33. The second-order valence-corrected chi connectivity index (χ2v) is 6.98. The fraction of sp³-hybridized carbons (Fsp3) is 0.643. The normalized spacial score (nSPS) is 31.7. The molecule has 2 N–H and O–H groups in total. The molecule has 0 unspecified atom stereocenters. The Morgan fingerprint density at radius 1 is 1.33 bits per heavy atom. The van der Waals surface area contributed by atoms with Gasteiger partial charge < -0.3 is 24.7 Å². The van der Waals surface area contributed by atoms with Gasteiger partial charge in [0.25, 0.3) is 0 Å². The van der Waals surface area contributed by atoms with Crippen molar-refractivity contribution in [1.82, 2.24) is 19.5 Å². The summed E-state index contributed by atoms with van der Waals surface area (Å²) in [4.78, 5) is 12.7. The number of hydrogen-bond acceptors (Lipinski definition) is 8. The standard InChI is InChI=1S/C14H18BrN5O4/c1-14(2)23-8-6(4-21-3)22-12(9(8)24-14)20-11-7(19-13(20)15)10(16)17-5-18-11/h5-6,8-9,12H,4H2,1-3H3,(H2,16,17,18)/t6-,8-,9-,12-/m1/s1. The Morgan fingerprint density at radius 2 is 2.08 bits per heavy atom. The molecule has 24 heavy (non-hydrogen) atoms. The molecule has 2 fully saturated rings. The number of nitrogens with zero attached hydrogens (tertiary/aromatic N) is 4. The SMILES string of the molecule is COC[C@H]1O[C@@H](n2c(Br)nc3c(N)ncnc32)[C@@H]2OC(C)(C)O[C@@H]21. The highest BCUT2D eigenvalue weighted by Crippen LogP contribution is 2.44. The molecule has 0 amide bonds. The predicted octanol–water partition coefficient (Wildman–Crippen LogP) is 1.23. The van der Waals surface area contributed by atoms with Crippen molar-refractivity contribution in [1.29, 1.82) is 0 Å². The van der Waals surface area contributed by atoms with Crippen molar-refractivity contribution in [2.45, 2.75) is 44.2 Å². The fourth-order valence-electron chi connectivity index (χ4n) is 3.29. The van der Waals surface area contributed by atoms with Gasteiger partial charge in [-0.2, -0.15) is 0 Å². The maximum absolute atomic E-state index is 6.15. The first kappa shape index (κ1) is 16.2. The summed E-state index contributed by atoms with van der Waals surface area (Å²) in [5.74, 6) is -0.383. The van der Waals surface area contributed by atoms with E-state index in [0.29, 0.717) is 28.3 Å². The molecule has 2 saturated heterocycles. The van der Waals surface area contributed by atoms with E-state index >= 15 is 0 Å². The Balaban J connectivity index is 1.79. The quantitative estimate of drug-likeness (QED) is 0.767. The molecular weight excluding hydrogens is 382 g/mol. The summed E-state index contributed by atoms with van der Waals surface area (Å²) < 4.78 is 25.8. The molecular formula is C14H18BrN5O4. The Bertz CT molecular complexity index is 782. The molecule has 0 spiro atoms. The molecule has 2 aliphatic rings. The van der Waals surface area contributed by atoms with Crippen LogP contribution in [-0.4, -0.2) is 57.3 Å². The molecule has 4 atom stereocenters. The van der Waals surface area contributed by atoms with Crippen molar-refractivity contribution < 1.29 is 18.9 Å². The molecule has 2 aromatic rings. The van der Waals surface area contributed by atoms with Crippen LogP contribution in [0.25, 0.3) is 11.2 Å². The van der Waals surface area contributed by atoms with Crippen LogP contribution in [0.15, 0.2) is 11.1 Å². The molecule has 0 aromatic carbocycles. The lowest BCUT2D eigenvalue weighted by Gasteiger charge is -2.24. The lowest BCUT2D eigenvalue weighted by atomic mass is 10.1. The van der Waals surface area contributed by atoms with Gasteiger partial charge in [-0.3, -0.25) is 4.57 Å². The number of nitrogens with two attached hydrogens (primary N) is 1. The number of methoxy groups -OCH3 is 1.